The number of halogens is 3. The highest BCUT2D eigenvalue weighted by Crippen LogP contribution is 2.29. The summed E-state index contributed by atoms with van der Waals surface area (Å²) in [6.45, 7) is 0.347. The molecule has 4 nitrogen and oxygen atoms in total. The number of hydrogen-bond acceptors (Lipinski definition) is 4. The summed E-state index contributed by atoms with van der Waals surface area (Å²) in [5, 5.41) is 7.69. The number of anilines is 2. The van der Waals surface area contributed by atoms with Crippen LogP contribution < -0.4 is 10.6 Å². The van der Waals surface area contributed by atoms with Crippen LogP contribution in [0, 0.1) is 0 Å². The van der Waals surface area contributed by atoms with Crippen molar-refractivity contribution in [2.24, 2.45) is 0 Å². The maximum atomic E-state index is 12.7. The van der Waals surface area contributed by atoms with Gasteiger partial charge in [0.2, 0.25) is 5.95 Å². The lowest BCUT2D eigenvalue weighted by Gasteiger charge is -2.24. The SMILES string of the molecule is FC(F)(F)c1ccc(CNc2nc(NC3CCCCC3)c3ccccc3n2)cc1. The number of rotatable bonds is 5. The van der Waals surface area contributed by atoms with Crippen molar-refractivity contribution in [3.8, 4) is 0 Å². The van der Waals surface area contributed by atoms with E-state index in [2.05, 4.69) is 20.6 Å². The summed E-state index contributed by atoms with van der Waals surface area (Å²) in [5.74, 6) is 1.26. The summed E-state index contributed by atoms with van der Waals surface area (Å²) < 4.78 is 38.1. The Labute approximate surface area is 167 Å². The summed E-state index contributed by atoms with van der Waals surface area (Å²) in [6.07, 6.45) is 1.66. The summed E-state index contributed by atoms with van der Waals surface area (Å²) in [7, 11) is 0. The monoisotopic (exact) mass is 400 g/mol. The van der Waals surface area contributed by atoms with E-state index in [-0.39, 0.29) is 0 Å². The van der Waals surface area contributed by atoms with Gasteiger partial charge in [0, 0.05) is 18.0 Å². The molecule has 0 radical (unpaired) electrons. The third kappa shape index (κ3) is 4.78. The lowest BCUT2D eigenvalue weighted by atomic mass is 9.95. The molecule has 1 saturated carbocycles. The smallest absolute Gasteiger partial charge is 0.367 e. The number of aromatic nitrogens is 2. The number of nitrogens with one attached hydrogen (secondary N) is 2. The van der Waals surface area contributed by atoms with Crippen LogP contribution in [-0.4, -0.2) is 16.0 Å². The highest BCUT2D eigenvalue weighted by molar-refractivity contribution is 5.90. The molecule has 7 heteroatoms. The molecule has 29 heavy (non-hydrogen) atoms. The van der Waals surface area contributed by atoms with Gasteiger partial charge in [-0.1, -0.05) is 43.5 Å². The molecule has 3 aromatic rings. The van der Waals surface area contributed by atoms with Crippen LogP contribution in [0.2, 0.25) is 0 Å². The predicted molar refractivity (Wildman–Crippen MR) is 109 cm³/mol. The Hall–Kier alpha value is -2.83. The molecule has 4 rings (SSSR count). The highest BCUT2D eigenvalue weighted by atomic mass is 19.4. The van der Waals surface area contributed by atoms with Gasteiger partial charge in [0.25, 0.3) is 0 Å². The Morgan fingerprint density at radius 3 is 2.34 bits per heavy atom. The quantitative estimate of drug-likeness (QED) is 0.551. The molecule has 0 aliphatic heterocycles. The van der Waals surface area contributed by atoms with Crippen molar-refractivity contribution in [3.63, 3.8) is 0 Å². The molecule has 2 N–H and O–H groups in total. The molecule has 0 atom stereocenters. The summed E-state index contributed by atoms with van der Waals surface area (Å²) in [5.41, 5.74) is 0.912. The van der Waals surface area contributed by atoms with Gasteiger partial charge in [0.05, 0.1) is 11.1 Å². The Morgan fingerprint density at radius 2 is 1.62 bits per heavy atom. The second kappa shape index (κ2) is 8.27. The minimum Gasteiger partial charge on any atom is -0.367 e. The van der Waals surface area contributed by atoms with E-state index in [9.17, 15) is 13.2 Å². The number of nitrogens with zero attached hydrogens (tertiary/aromatic N) is 2. The predicted octanol–water partition coefficient (Wildman–Crippen LogP) is 6.01. The molecular weight excluding hydrogens is 377 g/mol. The lowest BCUT2D eigenvalue weighted by Crippen LogP contribution is -2.23. The number of para-hydroxylation sites is 1. The standard InChI is InChI=1S/C22H23F3N4/c23-22(24,25)16-12-10-15(11-13-16)14-26-21-28-19-9-5-4-8-18(19)20(29-21)27-17-6-2-1-3-7-17/h4-5,8-13,17H,1-3,6-7,14H2,(H2,26,27,28,29). The highest BCUT2D eigenvalue weighted by Gasteiger charge is 2.29. The number of hydrogen-bond donors (Lipinski definition) is 2. The Morgan fingerprint density at radius 1 is 0.897 bits per heavy atom. The molecule has 1 aliphatic rings. The van der Waals surface area contributed by atoms with Crippen molar-refractivity contribution in [2.45, 2.75) is 50.9 Å². The van der Waals surface area contributed by atoms with Crippen LogP contribution >= 0.6 is 0 Å². The van der Waals surface area contributed by atoms with Gasteiger partial charge < -0.3 is 10.6 Å². The van der Waals surface area contributed by atoms with Gasteiger partial charge >= 0.3 is 6.18 Å². The van der Waals surface area contributed by atoms with Gasteiger partial charge in [-0.05, 0) is 42.7 Å². The maximum absolute atomic E-state index is 12.7. The van der Waals surface area contributed by atoms with Crippen molar-refractivity contribution in [1.29, 1.82) is 0 Å². The van der Waals surface area contributed by atoms with Crippen LogP contribution in [-0.2, 0) is 12.7 Å². The van der Waals surface area contributed by atoms with Gasteiger partial charge in [-0.3, -0.25) is 0 Å². The fourth-order valence-electron chi connectivity index (χ4n) is 3.70. The molecule has 1 aliphatic carbocycles. The molecule has 0 saturated heterocycles. The molecular formula is C22H23F3N4. The first-order valence-electron chi connectivity index (χ1n) is 9.92. The summed E-state index contributed by atoms with van der Waals surface area (Å²) in [4.78, 5) is 9.21. The van der Waals surface area contributed by atoms with E-state index in [4.69, 9.17) is 0 Å². The van der Waals surface area contributed by atoms with Crippen LogP contribution in [0.3, 0.4) is 0 Å². The molecule has 2 aromatic carbocycles. The average molecular weight is 400 g/mol. The van der Waals surface area contributed by atoms with Crippen LogP contribution in [0.1, 0.15) is 43.2 Å². The average Bonchev–Trinajstić information content (AvgIpc) is 2.73. The van der Waals surface area contributed by atoms with Gasteiger partial charge in [0.1, 0.15) is 5.82 Å². The topological polar surface area (TPSA) is 49.8 Å². The van der Waals surface area contributed by atoms with Crippen LogP contribution in [0.5, 0.6) is 0 Å². The van der Waals surface area contributed by atoms with Gasteiger partial charge in [0.15, 0.2) is 0 Å². The zero-order valence-electron chi connectivity index (χ0n) is 16.0. The van der Waals surface area contributed by atoms with Crippen LogP contribution in [0.4, 0.5) is 24.9 Å². The van der Waals surface area contributed by atoms with Gasteiger partial charge in [-0.15, -0.1) is 0 Å². The molecule has 1 aromatic heterocycles. The zero-order chi connectivity index (χ0) is 20.3. The molecule has 1 fully saturated rings. The van der Waals surface area contributed by atoms with E-state index in [1.807, 2.05) is 24.3 Å². The van der Waals surface area contributed by atoms with Crippen molar-refractivity contribution in [3.05, 3.63) is 59.7 Å². The first kappa shape index (κ1) is 19.5. The van der Waals surface area contributed by atoms with Gasteiger partial charge in [-0.2, -0.15) is 18.2 Å². The third-order valence-electron chi connectivity index (χ3n) is 5.28. The van der Waals surface area contributed by atoms with E-state index in [1.165, 1.54) is 31.4 Å². The molecule has 0 unspecified atom stereocenters. The van der Waals surface area contributed by atoms with Gasteiger partial charge in [-0.25, -0.2) is 4.98 Å². The number of alkyl halides is 3. The normalized spacial score (nSPS) is 15.4. The molecule has 0 bridgehead atoms. The molecule has 0 spiro atoms. The fraction of sp³-hybridized carbons (Fsp3) is 0.364. The molecule has 152 valence electrons. The molecule has 1 heterocycles. The van der Waals surface area contributed by atoms with E-state index in [1.54, 1.807) is 0 Å². The maximum Gasteiger partial charge on any atom is 0.416 e. The second-order valence-electron chi connectivity index (χ2n) is 7.44. The number of fused-ring (bicyclic) bond motifs is 1. The minimum atomic E-state index is -4.33. The summed E-state index contributed by atoms with van der Waals surface area (Å²) >= 11 is 0. The van der Waals surface area contributed by atoms with Crippen molar-refractivity contribution in [2.75, 3.05) is 10.6 Å². The van der Waals surface area contributed by atoms with E-state index >= 15 is 0 Å². The van der Waals surface area contributed by atoms with Crippen molar-refractivity contribution >= 4 is 22.7 Å². The first-order chi connectivity index (χ1) is 14.0. The Balaban J connectivity index is 1.52. The first-order valence-corrected chi connectivity index (χ1v) is 9.92. The van der Waals surface area contributed by atoms with E-state index in [0.717, 1.165) is 47.3 Å². The minimum absolute atomic E-state index is 0.347. The lowest BCUT2D eigenvalue weighted by molar-refractivity contribution is -0.137. The third-order valence-corrected chi connectivity index (χ3v) is 5.28. The van der Waals surface area contributed by atoms with Crippen LogP contribution in [0.25, 0.3) is 10.9 Å². The summed E-state index contributed by atoms with van der Waals surface area (Å²) in [6, 6.07) is 13.4. The van der Waals surface area contributed by atoms with Crippen molar-refractivity contribution < 1.29 is 13.2 Å². The fourth-order valence-corrected chi connectivity index (χ4v) is 3.70. The van der Waals surface area contributed by atoms with E-state index < -0.39 is 11.7 Å². The largest absolute Gasteiger partial charge is 0.416 e. The number of benzene rings is 2. The molecule has 0 amide bonds. The van der Waals surface area contributed by atoms with E-state index in [0.29, 0.717) is 18.5 Å². The Kier molecular flexibility index (Phi) is 5.56. The van der Waals surface area contributed by atoms with Crippen LogP contribution in [0.15, 0.2) is 48.5 Å². The zero-order valence-corrected chi connectivity index (χ0v) is 16.0. The van der Waals surface area contributed by atoms with Crippen molar-refractivity contribution in [1.82, 2.24) is 9.97 Å². The Bertz CT molecular complexity index is 964. The second-order valence-corrected chi connectivity index (χ2v) is 7.44.